The molecule has 3 heteroatoms. The molecule has 0 atom stereocenters. The molecule has 0 radical (unpaired) electrons. The summed E-state index contributed by atoms with van der Waals surface area (Å²) in [7, 11) is 4.21. The second-order valence-corrected chi connectivity index (χ2v) is 5.22. The van der Waals surface area contributed by atoms with Crippen LogP contribution in [0.1, 0.15) is 12.8 Å². The van der Waals surface area contributed by atoms with E-state index in [1.807, 2.05) is 18.2 Å². The van der Waals surface area contributed by atoms with E-state index in [0.717, 1.165) is 25.3 Å². The molecule has 21 heavy (non-hydrogen) atoms. The van der Waals surface area contributed by atoms with Crippen LogP contribution in [-0.4, -0.2) is 32.1 Å². The first-order chi connectivity index (χ1) is 9.77. The number of nitrogens with zero attached hydrogens (tertiary/aromatic N) is 1. The molecule has 0 amide bonds. The van der Waals surface area contributed by atoms with Crippen molar-refractivity contribution in [3.63, 3.8) is 0 Å². The number of unbranched alkanes of at least 4 members (excludes halogenated alkanes) is 1. The smallest absolute Gasteiger partial charge is 0.127 e. The third-order valence-corrected chi connectivity index (χ3v) is 3.23. The van der Waals surface area contributed by atoms with E-state index in [9.17, 15) is 0 Å². The fraction of sp³-hybridized carbons (Fsp3) is 0.333. The molecule has 0 saturated carbocycles. The quantitative estimate of drug-likeness (QED) is 0.699. The van der Waals surface area contributed by atoms with Crippen molar-refractivity contribution in [1.29, 1.82) is 0 Å². The maximum atomic E-state index is 5.95. The molecule has 0 fully saturated rings. The molecule has 2 nitrogen and oxygen atoms in total. The minimum Gasteiger partial charge on any atom is -0.493 e. The van der Waals surface area contributed by atoms with Crippen LogP contribution in [0, 0.1) is 0 Å². The van der Waals surface area contributed by atoms with E-state index in [1.165, 1.54) is 17.5 Å². The molecule has 0 spiro atoms. The number of rotatable bonds is 7. The first-order valence-corrected chi connectivity index (χ1v) is 7.19. The number of hydrogen-bond donors (Lipinski definition) is 0. The van der Waals surface area contributed by atoms with Gasteiger partial charge in [-0.1, -0.05) is 48.5 Å². The van der Waals surface area contributed by atoms with Crippen LogP contribution in [0.2, 0.25) is 0 Å². The van der Waals surface area contributed by atoms with Gasteiger partial charge in [-0.25, -0.2) is 0 Å². The second-order valence-electron chi connectivity index (χ2n) is 5.22. The topological polar surface area (TPSA) is 12.5 Å². The Labute approximate surface area is 134 Å². The lowest BCUT2D eigenvalue weighted by molar-refractivity contribution is 0.294. The van der Waals surface area contributed by atoms with E-state index < -0.39 is 0 Å². The molecule has 0 aliphatic heterocycles. The molecule has 0 N–H and O–H groups in total. The van der Waals surface area contributed by atoms with Gasteiger partial charge in [0.2, 0.25) is 0 Å². The lowest BCUT2D eigenvalue weighted by Crippen LogP contribution is -2.13. The summed E-state index contributed by atoms with van der Waals surface area (Å²) in [4.78, 5) is 2.21. The van der Waals surface area contributed by atoms with Crippen molar-refractivity contribution < 1.29 is 4.74 Å². The standard InChI is InChI=1S/C18H23NO.ClH/c1-19(2)14-8-9-15-20-18-13-7-6-12-17(18)16-10-4-3-5-11-16;/h3-7,10-13H,8-9,14-15H2,1-2H3;1H. The molecule has 0 bridgehead atoms. The molecule has 0 aromatic heterocycles. The number of benzene rings is 2. The summed E-state index contributed by atoms with van der Waals surface area (Å²) < 4.78 is 5.95. The number of ether oxygens (including phenoxy) is 1. The highest BCUT2D eigenvalue weighted by atomic mass is 35.5. The van der Waals surface area contributed by atoms with E-state index in [0.29, 0.717) is 0 Å². The monoisotopic (exact) mass is 305 g/mol. The molecule has 114 valence electrons. The fourth-order valence-corrected chi connectivity index (χ4v) is 2.16. The average Bonchev–Trinajstić information content (AvgIpc) is 2.48. The van der Waals surface area contributed by atoms with Gasteiger partial charge in [0.15, 0.2) is 0 Å². The second kappa shape index (κ2) is 9.43. The minimum atomic E-state index is 0. The van der Waals surface area contributed by atoms with Gasteiger partial charge in [0, 0.05) is 5.56 Å². The maximum absolute atomic E-state index is 5.95. The van der Waals surface area contributed by atoms with Gasteiger partial charge in [-0.2, -0.15) is 0 Å². The molecular formula is C18H24ClNO. The van der Waals surface area contributed by atoms with Crippen LogP contribution in [0.4, 0.5) is 0 Å². The van der Waals surface area contributed by atoms with Crippen molar-refractivity contribution in [2.75, 3.05) is 27.2 Å². The van der Waals surface area contributed by atoms with Crippen LogP contribution in [-0.2, 0) is 0 Å². The molecule has 0 aliphatic carbocycles. The molecular weight excluding hydrogens is 282 g/mol. The lowest BCUT2D eigenvalue weighted by atomic mass is 10.1. The Hall–Kier alpha value is -1.51. The normalized spacial score (nSPS) is 10.2. The van der Waals surface area contributed by atoms with Gasteiger partial charge >= 0.3 is 0 Å². The van der Waals surface area contributed by atoms with Gasteiger partial charge in [0.05, 0.1) is 6.61 Å². The molecule has 2 aromatic carbocycles. The Balaban J connectivity index is 0.00000220. The molecule has 0 aliphatic rings. The summed E-state index contributed by atoms with van der Waals surface area (Å²) in [6, 6.07) is 18.6. The zero-order chi connectivity index (χ0) is 14.2. The SMILES string of the molecule is CN(C)CCCCOc1ccccc1-c1ccccc1.Cl. The van der Waals surface area contributed by atoms with E-state index in [4.69, 9.17) is 4.74 Å². The molecule has 2 aromatic rings. The average molecular weight is 306 g/mol. The highest BCUT2D eigenvalue weighted by molar-refractivity contribution is 5.85. The summed E-state index contributed by atoms with van der Waals surface area (Å²) in [6.45, 7) is 1.89. The zero-order valence-corrected chi connectivity index (χ0v) is 13.6. The van der Waals surface area contributed by atoms with Crippen LogP contribution in [0.15, 0.2) is 54.6 Å². The summed E-state index contributed by atoms with van der Waals surface area (Å²) in [5, 5.41) is 0. The van der Waals surface area contributed by atoms with Gasteiger partial charge < -0.3 is 9.64 Å². The minimum absolute atomic E-state index is 0. The summed E-state index contributed by atoms with van der Waals surface area (Å²) >= 11 is 0. The lowest BCUT2D eigenvalue weighted by Gasteiger charge is -2.12. The Bertz CT molecular complexity index is 514. The molecule has 2 rings (SSSR count). The van der Waals surface area contributed by atoms with Crippen molar-refractivity contribution in [2.24, 2.45) is 0 Å². The van der Waals surface area contributed by atoms with E-state index >= 15 is 0 Å². The van der Waals surface area contributed by atoms with Gasteiger partial charge in [-0.3, -0.25) is 0 Å². The maximum Gasteiger partial charge on any atom is 0.127 e. The summed E-state index contributed by atoms with van der Waals surface area (Å²) in [5.41, 5.74) is 2.37. The van der Waals surface area contributed by atoms with Gasteiger partial charge in [-0.15, -0.1) is 12.4 Å². The zero-order valence-electron chi connectivity index (χ0n) is 12.8. The van der Waals surface area contributed by atoms with Crippen molar-refractivity contribution in [1.82, 2.24) is 4.90 Å². The molecule has 0 unspecified atom stereocenters. The van der Waals surface area contributed by atoms with Crippen LogP contribution < -0.4 is 4.74 Å². The van der Waals surface area contributed by atoms with Crippen LogP contribution in [0.3, 0.4) is 0 Å². The first kappa shape index (κ1) is 17.5. The third kappa shape index (κ3) is 5.78. The number of hydrogen-bond acceptors (Lipinski definition) is 2. The van der Waals surface area contributed by atoms with Crippen LogP contribution in [0.5, 0.6) is 5.75 Å². The van der Waals surface area contributed by atoms with E-state index in [1.54, 1.807) is 0 Å². The highest BCUT2D eigenvalue weighted by Gasteiger charge is 2.04. The van der Waals surface area contributed by atoms with Gasteiger partial charge in [-0.05, 0) is 45.1 Å². The predicted octanol–water partition coefficient (Wildman–Crippen LogP) is 4.50. The third-order valence-electron chi connectivity index (χ3n) is 3.23. The van der Waals surface area contributed by atoms with Crippen molar-refractivity contribution >= 4 is 12.4 Å². The van der Waals surface area contributed by atoms with Crippen molar-refractivity contribution in [2.45, 2.75) is 12.8 Å². The Morgan fingerprint density at radius 2 is 1.52 bits per heavy atom. The summed E-state index contributed by atoms with van der Waals surface area (Å²) in [6.07, 6.45) is 2.25. The predicted molar refractivity (Wildman–Crippen MR) is 92.4 cm³/mol. The largest absolute Gasteiger partial charge is 0.493 e. The van der Waals surface area contributed by atoms with Crippen LogP contribution in [0.25, 0.3) is 11.1 Å². The van der Waals surface area contributed by atoms with E-state index in [2.05, 4.69) is 55.4 Å². The van der Waals surface area contributed by atoms with Crippen LogP contribution >= 0.6 is 12.4 Å². The van der Waals surface area contributed by atoms with E-state index in [-0.39, 0.29) is 12.4 Å². The molecule has 0 saturated heterocycles. The Kier molecular flexibility index (Phi) is 7.88. The van der Waals surface area contributed by atoms with Crippen molar-refractivity contribution in [3.05, 3.63) is 54.6 Å². The highest BCUT2D eigenvalue weighted by Crippen LogP contribution is 2.29. The van der Waals surface area contributed by atoms with Gasteiger partial charge in [0.1, 0.15) is 5.75 Å². The van der Waals surface area contributed by atoms with Gasteiger partial charge in [0.25, 0.3) is 0 Å². The fourth-order valence-electron chi connectivity index (χ4n) is 2.16. The Morgan fingerprint density at radius 1 is 0.857 bits per heavy atom. The molecule has 0 heterocycles. The first-order valence-electron chi connectivity index (χ1n) is 7.19. The number of para-hydroxylation sites is 1. The van der Waals surface area contributed by atoms with Crippen molar-refractivity contribution in [3.8, 4) is 16.9 Å². The summed E-state index contributed by atoms with van der Waals surface area (Å²) in [5.74, 6) is 0.976. The Morgan fingerprint density at radius 3 is 2.24 bits per heavy atom. The number of halogens is 1.